The van der Waals surface area contributed by atoms with Gasteiger partial charge in [-0.1, -0.05) is 41.5 Å². The molecule has 1 unspecified atom stereocenters. The van der Waals surface area contributed by atoms with Gasteiger partial charge in [0.25, 0.3) is 0 Å². The van der Waals surface area contributed by atoms with Crippen molar-refractivity contribution in [1.82, 2.24) is 4.90 Å². The molecule has 17 heavy (non-hydrogen) atoms. The molecule has 3 nitrogen and oxygen atoms in total. The van der Waals surface area contributed by atoms with E-state index in [4.69, 9.17) is 5.26 Å². The molecule has 0 aliphatic heterocycles. The maximum Gasteiger partial charge on any atom is 0.240 e. The van der Waals surface area contributed by atoms with Crippen LogP contribution in [0.15, 0.2) is 0 Å². The molecule has 1 amide bonds. The Kier molecular flexibility index (Phi) is 6.87. The van der Waals surface area contributed by atoms with Crippen molar-refractivity contribution >= 4 is 5.91 Å². The number of carbonyl (C=O) groups excluding carboxylic acids is 1. The van der Waals surface area contributed by atoms with Gasteiger partial charge in [0.05, 0.1) is 6.07 Å². The zero-order valence-corrected chi connectivity index (χ0v) is 12.0. The highest BCUT2D eigenvalue weighted by Crippen LogP contribution is 2.15. The summed E-state index contributed by atoms with van der Waals surface area (Å²) in [5, 5.41) is 9.09. The summed E-state index contributed by atoms with van der Waals surface area (Å²) in [5.74, 6) is 0.431. The molecule has 0 aliphatic rings. The molecule has 0 aliphatic carbocycles. The van der Waals surface area contributed by atoms with Gasteiger partial charge in [0.15, 0.2) is 0 Å². The van der Waals surface area contributed by atoms with E-state index in [2.05, 4.69) is 33.8 Å². The molecule has 98 valence electrons. The van der Waals surface area contributed by atoms with Crippen LogP contribution in [-0.4, -0.2) is 23.9 Å². The summed E-state index contributed by atoms with van der Waals surface area (Å²) in [6.45, 7) is 13.7. The van der Waals surface area contributed by atoms with Crippen LogP contribution in [0.25, 0.3) is 0 Å². The summed E-state index contributed by atoms with van der Waals surface area (Å²) in [5.41, 5.74) is 0. The quantitative estimate of drug-likeness (QED) is 0.714. The SMILES string of the molecule is CC(C)CN(CC(C)C)C(=O)C(C#N)C(C)C. The third kappa shape index (κ3) is 5.72. The highest BCUT2D eigenvalue weighted by molar-refractivity contribution is 5.81. The number of carbonyl (C=O) groups is 1. The fraction of sp³-hybridized carbons (Fsp3) is 0.857. The zero-order chi connectivity index (χ0) is 13.6. The van der Waals surface area contributed by atoms with E-state index in [-0.39, 0.29) is 11.8 Å². The Morgan fingerprint density at radius 1 is 1.06 bits per heavy atom. The van der Waals surface area contributed by atoms with E-state index in [0.29, 0.717) is 11.8 Å². The lowest BCUT2D eigenvalue weighted by Gasteiger charge is -2.29. The van der Waals surface area contributed by atoms with Crippen LogP contribution in [0.2, 0.25) is 0 Å². The van der Waals surface area contributed by atoms with Crippen LogP contribution in [-0.2, 0) is 4.79 Å². The first kappa shape index (κ1) is 16.0. The molecule has 0 fully saturated rings. The minimum absolute atomic E-state index is 0.00935. The lowest BCUT2D eigenvalue weighted by atomic mass is 9.95. The fourth-order valence-electron chi connectivity index (χ4n) is 1.82. The normalized spacial score (nSPS) is 12.9. The molecule has 0 spiro atoms. The number of hydrogen-bond acceptors (Lipinski definition) is 2. The third-order valence-corrected chi connectivity index (χ3v) is 2.55. The van der Waals surface area contributed by atoms with E-state index in [9.17, 15) is 4.79 Å². The van der Waals surface area contributed by atoms with Gasteiger partial charge in [0.1, 0.15) is 5.92 Å². The molecule has 0 aromatic carbocycles. The van der Waals surface area contributed by atoms with Gasteiger partial charge in [-0.25, -0.2) is 0 Å². The zero-order valence-electron chi connectivity index (χ0n) is 12.0. The van der Waals surface area contributed by atoms with Crippen molar-refractivity contribution in [1.29, 1.82) is 5.26 Å². The molecule has 0 radical (unpaired) electrons. The first-order valence-corrected chi connectivity index (χ1v) is 6.48. The second-order valence-corrected chi connectivity index (χ2v) is 5.88. The smallest absolute Gasteiger partial charge is 0.240 e. The molecular weight excluding hydrogens is 212 g/mol. The van der Waals surface area contributed by atoms with E-state index in [1.54, 1.807) is 0 Å². The third-order valence-electron chi connectivity index (χ3n) is 2.55. The largest absolute Gasteiger partial charge is 0.341 e. The maximum absolute atomic E-state index is 12.3. The van der Waals surface area contributed by atoms with Gasteiger partial charge in [0, 0.05) is 13.1 Å². The van der Waals surface area contributed by atoms with Crippen molar-refractivity contribution in [2.45, 2.75) is 41.5 Å². The Morgan fingerprint density at radius 3 is 1.71 bits per heavy atom. The molecule has 3 heteroatoms. The Hall–Kier alpha value is -1.04. The number of amides is 1. The van der Waals surface area contributed by atoms with E-state index in [0.717, 1.165) is 13.1 Å². The van der Waals surface area contributed by atoms with E-state index in [1.165, 1.54) is 0 Å². The second kappa shape index (κ2) is 7.32. The topological polar surface area (TPSA) is 44.1 Å². The van der Waals surface area contributed by atoms with Crippen LogP contribution in [0.5, 0.6) is 0 Å². The van der Waals surface area contributed by atoms with Crippen LogP contribution in [0.1, 0.15) is 41.5 Å². The summed E-state index contributed by atoms with van der Waals surface area (Å²) in [4.78, 5) is 14.1. The van der Waals surface area contributed by atoms with Crippen LogP contribution < -0.4 is 0 Å². The van der Waals surface area contributed by atoms with Gasteiger partial charge in [-0.15, -0.1) is 0 Å². The number of hydrogen-bond donors (Lipinski definition) is 0. The van der Waals surface area contributed by atoms with Crippen molar-refractivity contribution in [3.05, 3.63) is 0 Å². The molecular formula is C14H26N2O. The van der Waals surface area contributed by atoms with Crippen LogP contribution in [0, 0.1) is 35.0 Å². The predicted molar refractivity (Wildman–Crippen MR) is 70.2 cm³/mol. The average Bonchev–Trinajstić information content (AvgIpc) is 2.15. The minimum Gasteiger partial charge on any atom is -0.341 e. The molecule has 0 aromatic rings. The molecule has 0 heterocycles. The van der Waals surface area contributed by atoms with E-state index < -0.39 is 5.92 Å². The Morgan fingerprint density at radius 2 is 1.47 bits per heavy atom. The summed E-state index contributed by atoms with van der Waals surface area (Å²) in [6.07, 6.45) is 0. The maximum atomic E-state index is 12.3. The second-order valence-electron chi connectivity index (χ2n) is 5.88. The average molecular weight is 238 g/mol. The van der Waals surface area contributed by atoms with E-state index in [1.807, 2.05) is 18.7 Å². The molecule has 0 aromatic heterocycles. The summed E-state index contributed by atoms with van der Waals surface area (Å²) < 4.78 is 0. The van der Waals surface area contributed by atoms with Crippen molar-refractivity contribution in [2.75, 3.05) is 13.1 Å². The summed E-state index contributed by atoms with van der Waals surface area (Å²) in [7, 11) is 0. The van der Waals surface area contributed by atoms with Gasteiger partial charge < -0.3 is 4.90 Å². The van der Waals surface area contributed by atoms with Crippen LogP contribution >= 0.6 is 0 Å². The monoisotopic (exact) mass is 238 g/mol. The molecule has 0 saturated heterocycles. The fourth-order valence-corrected chi connectivity index (χ4v) is 1.82. The first-order chi connectivity index (χ1) is 7.79. The lowest BCUT2D eigenvalue weighted by molar-refractivity contribution is -0.136. The van der Waals surface area contributed by atoms with Gasteiger partial charge in [-0.2, -0.15) is 5.26 Å². The highest BCUT2D eigenvalue weighted by atomic mass is 16.2. The molecule has 0 bridgehead atoms. The molecule has 0 rings (SSSR count). The molecule has 0 saturated carbocycles. The Balaban J connectivity index is 4.78. The Bertz CT molecular complexity index is 266. The van der Waals surface area contributed by atoms with Crippen molar-refractivity contribution in [2.24, 2.45) is 23.7 Å². The van der Waals surface area contributed by atoms with Crippen molar-refractivity contribution < 1.29 is 4.79 Å². The first-order valence-electron chi connectivity index (χ1n) is 6.48. The lowest BCUT2D eigenvalue weighted by Crippen LogP contribution is -2.41. The number of rotatable bonds is 6. The van der Waals surface area contributed by atoms with Gasteiger partial charge in [-0.3, -0.25) is 4.79 Å². The summed E-state index contributed by atoms with van der Waals surface area (Å²) >= 11 is 0. The number of nitriles is 1. The minimum atomic E-state index is -0.507. The summed E-state index contributed by atoms with van der Waals surface area (Å²) in [6, 6.07) is 2.14. The van der Waals surface area contributed by atoms with Crippen LogP contribution in [0.3, 0.4) is 0 Å². The Labute approximate surface area is 106 Å². The van der Waals surface area contributed by atoms with Crippen LogP contribution in [0.4, 0.5) is 0 Å². The van der Waals surface area contributed by atoms with Crippen molar-refractivity contribution in [3.63, 3.8) is 0 Å². The van der Waals surface area contributed by atoms with Gasteiger partial charge >= 0.3 is 0 Å². The van der Waals surface area contributed by atoms with Gasteiger partial charge in [0.2, 0.25) is 5.91 Å². The number of nitrogens with zero attached hydrogens (tertiary/aromatic N) is 2. The molecule has 1 atom stereocenters. The van der Waals surface area contributed by atoms with Gasteiger partial charge in [-0.05, 0) is 17.8 Å². The molecule has 0 N–H and O–H groups in total. The standard InChI is InChI=1S/C14H26N2O/c1-10(2)8-16(9-11(3)4)14(17)13(7-15)12(5)6/h10-13H,8-9H2,1-6H3. The highest BCUT2D eigenvalue weighted by Gasteiger charge is 2.27. The van der Waals surface area contributed by atoms with Crippen molar-refractivity contribution in [3.8, 4) is 6.07 Å². The predicted octanol–water partition coefficient (Wildman–Crippen LogP) is 2.92. The van der Waals surface area contributed by atoms with E-state index >= 15 is 0 Å².